The van der Waals surface area contributed by atoms with Crippen molar-refractivity contribution in [2.24, 2.45) is 0 Å². The summed E-state index contributed by atoms with van der Waals surface area (Å²) in [5.74, 6) is -1.25. The SMILES string of the molecule is CCNC(=O)NCCCOC(=O)/C=C/C(=O)OC. The highest BCUT2D eigenvalue weighted by Crippen LogP contribution is 1.86. The van der Waals surface area contributed by atoms with Crippen LogP contribution in [0.3, 0.4) is 0 Å². The molecule has 0 atom stereocenters. The molecule has 2 N–H and O–H groups in total. The maximum atomic E-state index is 11.0. The Morgan fingerprint density at radius 3 is 2.39 bits per heavy atom. The van der Waals surface area contributed by atoms with Crippen LogP contribution in [0.2, 0.25) is 0 Å². The fourth-order valence-corrected chi connectivity index (χ4v) is 0.922. The molecular weight excluding hydrogens is 240 g/mol. The number of amides is 2. The highest BCUT2D eigenvalue weighted by Gasteiger charge is 2.00. The van der Waals surface area contributed by atoms with Crippen molar-refractivity contribution in [3.05, 3.63) is 12.2 Å². The van der Waals surface area contributed by atoms with Crippen molar-refractivity contribution in [2.45, 2.75) is 13.3 Å². The maximum Gasteiger partial charge on any atom is 0.331 e. The number of hydrogen-bond acceptors (Lipinski definition) is 5. The fourth-order valence-electron chi connectivity index (χ4n) is 0.922. The Balaban J connectivity index is 3.55. The van der Waals surface area contributed by atoms with E-state index in [1.54, 1.807) is 0 Å². The van der Waals surface area contributed by atoms with Gasteiger partial charge in [0, 0.05) is 25.2 Å². The Morgan fingerprint density at radius 1 is 1.11 bits per heavy atom. The summed E-state index contributed by atoms with van der Waals surface area (Å²) in [6, 6.07) is -0.255. The molecule has 0 aromatic heterocycles. The lowest BCUT2D eigenvalue weighted by molar-refractivity contribution is -0.139. The Bertz CT molecular complexity index is 315. The van der Waals surface area contributed by atoms with E-state index in [9.17, 15) is 14.4 Å². The third-order valence-corrected chi connectivity index (χ3v) is 1.75. The molecule has 18 heavy (non-hydrogen) atoms. The molecule has 0 heterocycles. The van der Waals surface area contributed by atoms with Crippen LogP contribution in [0.4, 0.5) is 4.79 Å². The van der Waals surface area contributed by atoms with Crippen molar-refractivity contribution in [1.29, 1.82) is 0 Å². The first-order valence-corrected chi connectivity index (χ1v) is 5.54. The molecule has 0 spiro atoms. The fraction of sp³-hybridized carbons (Fsp3) is 0.545. The Morgan fingerprint density at radius 2 is 1.78 bits per heavy atom. The van der Waals surface area contributed by atoms with Crippen LogP contribution in [0.1, 0.15) is 13.3 Å². The zero-order chi connectivity index (χ0) is 13.8. The van der Waals surface area contributed by atoms with Gasteiger partial charge in [-0.15, -0.1) is 0 Å². The molecule has 0 bridgehead atoms. The number of urea groups is 1. The minimum Gasteiger partial charge on any atom is -0.466 e. The van der Waals surface area contributed by atoms with Crippen LogP contribution in [0.15, 0.2) is 12.2 Å². The van der Waals surface area contributed by atoms with Crippen LogP contribution < -0.4 is 10.6 Å². The van der Waals surface area contributed by atoms with Gasteiger partial charge in [-0.2, -0.15) is 0 Å². The molecule has 0 fully saturated rings. The van der Waals surface area contributed by atoms with Crippen LogP contribution in [0, 0.1) is 0 Å². The summed E-state index contributed by atoms with van der Waals surface area (Å²) in [6.45, 7) is 2.94. The van der Waals surface area contributed by atoms with Crippen molar-refractivity contribution in [3.63, 3.8) is 0 Å². The van der Waals surface area contributed by atoms with Gasteiger partial charge in [0.1, 0.15) is 0 Å². The molecule has 0 aliphatic rings. The zero-order valence-electron chi connectivity index (χ0n) is 10.5. The Kier molecular flexibility index (Phi) is 8.97. The summed E-state index contributed by atoms with van der Waals surface area (Å²) in [7, 11) is 1.21. The largest absolute Gasteiger partial charge is 0.466 e. The quantitative estimate of drug-likeness (QED) is 0.380. The third-order valence-electron chi connectivity index (χ3n) is 1.75. The van der Waals surface area contributed by atoms with Gasteiger partial charge in [-0.3, -0.25) is 0 Å². The van der Waals surface area contributed by atoms with Gasteiger partial charge in [0.05, 0.1) is 13.7 Å². The molecule has 0 aromatic carbocycles. The number of esters is 2. The van der Waals surface area contributed by atoms with Crippen molar-refractivity contribution >= 4 is 18.0 Å². The normalized spacial score (nSPS) is 9.89. The van der Waals surface area contributed by atoms with Crippen molar-refractivity contribution in [2.75, 3.05) is 26.8 Å². The van der Waals surface area contributed by atoms with E-state index in [4.69, 9.17) is 4.74 Å². The summed E-state index contributed by atoms with van der Waals surface area (Å²) in [5, 5.41) is 5.15. The molecule has 0 aliphatic carbocycles. The average molecular weight is 258 g/mol. The first-order chi connectivity index (χ1) is 8.60. The predicted octanol–water partition coefficient (Wildman–Crippen LogP) is -0.0320. The minimum atomic E-state index is -0.626. The van der Waals surface area contributed by atoms with E-state index in [2.05, 4.69) is 15.4 Å². The third kappa shape index (κ3) is 9.20. The highest BCUT2D eigenvalue weighted by molar-refractivity contribution is 5.91. The number of carbonyl (C=O) groups is 3. The first-order valence-electron chi connectivity index (χ1n) is 5.54. The molecule has 0 aromatic rings. The molecule has 0 aliphatic heterocycles. The molecule has 7 heteroatoms. The molecule has 2 amide bonds. The van der Waals surface area contributed by atoms with E-state index in [-0.39, 0.29) is 12.6 Å². The molecule has 0 rings (SSSR count). The second-order valence-electron chi connectivity index (χ2n) is 3.16. The predicted molar refractivity (Wildman–Crippen MR) is 63.8 cm³/mol. The van der Waals surface area contributed by atoms with Gasteiger partial charge >= 0.3 is 18.0 Å². The zero-order valence-corrected chi connectivity index (χ0v) is 10.5. The van der Waals surface area contributed by atoms with E-state index in [1.165, 1.54) is 7.11 Å². The van der Waals surface area contributed by atoms with Gasteiger partial charge in [-0.1, -0.05) is 0 Å². The molecule has 7 nitrogen and oxygen atoms in total. The highest BCUT2D eigenvalue weighted by atomic mass is 16.5. The van der Waals surface area contributed by atoms with Crippen LogP contribution in [0.5, 0.6) is 0 Å². The minimum absolute atomic E-state index is 0.163. The van der Waals surface area contributed by atoms with Crippen LogP contribution in [0.25, 0.3) is 0 Å². The second kappa shape index (κ2) is 10.1. The summed E-state index contributed by atoms with van der Waals surface area (Å²) >= 11 is 0. The number of hydrogen-bond donors (Lipinski definition) is 2. The van der Waals surface area contributed by atoms with E-state index < -0.39 is 11.9 Å². The van der Waals surface area contributed by atoms with Gasteiger partial charge in [-0.25, -0.2) is 14.4 Å². The molecule has 0 saturated heterocycles. The molecule has 0 saturated carbocycles. The maximum absolute atomic E-state index is 11.0. The van der Waals surface area contributed by atoms with Gasteiger partial charge < -0.3 is 20.1 Å². The van der Waals surface area contributed by atoms with Gasteiger partial charge in [0.2, 0.25) is 0 Å². The van der Waals surface area contributed by atoms with E-state index in [0.29, 0.717) is 19.5 Å². The number of carbonyl (C=O) groups excluding carboxylic acids is 3. The number of rotatable bonds is 7. The first kappa shape index (κ1) is 16.0. The van der Waals surface area contributed by atoms with E-state index in [0.717, 1.165) is 12.2 Å². The monoisotopic (exact) mass is 258 g/mol. The lowest BCUT2D eigenvalue weighted by atomic mass is 10.4. The Hall–Kier alpha value is -2.05. The van der Waals surface area contributed by atoms with Gasteiger partial charge in [0.15, 0.2) is 0 Å². The van der Waals surface area contributed by atoms with Crippen LogP contribution in [-0.2, 0) is 19.1 Å². The van der Waals surface area contributed by atoms with Gasteiger partial charge in [0.25, 0.3) is 0 Å². The number of ether oxygens (including phenoxy) is 2. The standard InChI is InChI=1S/C11H18N2O5/c1-3-12-11(16)13-7-4-8-18-10(15)6-5-9(14)17-2/h5-6H,3-4,7-8H2,1-2H3,(H2,12,13,16)/b6-5+. The van der Waals surface area contributed by atoms with E-state index >= 15 is 0 Å². The molecule has 0 radical (unpaired) electrons. The van der Waals surface area contributed by atoms with Crippen molar-refractivity contribution < 1.29 is 23.9 Å². The number of methoxy groups -OCH3 is 1. The summed E-state index contributed by atoms with van der Waals surface area (Å²) < 4.78 is 9.08. The summed E-state index contributed by atoms with van der Waals surface area (Å²) in [5.41, 5.74) is 0. The number of nitrogens with one attached hydrogen (secondary N) is 2. The topological polar surface area (TPSA) is 93.7 Å². The molecular formula is C11H18N2O5. The van der Waals surface area contributed by atoms with Crippen molar-refractivity contribution in [3.8, 4) is 0 Å². The van der Waals surface area contributed by atoms with Crippen LogP contribution in [-0.4, -0.2) is 44.8 Å². The van der Waals surface area contributed by atoms with Gasteiger partial charge in [-0.05, 0) is 13.3 Å². The lowest BCUT2D eigenvalue weighted by Crippen LogP contribution is -2.36. The summed E-state index contributed by atoms with van der Waals surface area (Å²) in [6.07, 6.45) is 2.47. The van der Waals surface area contributed by atoms with Crippen molar-refractivity contribution in [1.82, 2.24) is 10.6 Å². The lowest BCUT2D eigenvalue weighted by Gasteiger charge is -2.05. The second-order valence-corrected chi connectivity index (χ2v) is 3.16. The average Bonchev–Trinajstić information content (AvgIpc) is 2.35. The molecule has 0 unspecified atom stereocenters. The molecule has 102 valence electrons. The summed E-state index contributed by atoms with van der Waals surface area (Å²) in [4.78, 5) is 32.7. The van der Waals surface area contributed by atoms with Crippen LogP contribution >= 0.6 is 0 Å². The smallest absolute Gasteiger partial charge is 0.331 e. The Labute approximate surface area is 106 Å². The van der Waals surface area contributed by atoms with E-state index in [1.807, 2.05) is 6.92 Å².